The fraction of sp³-hybridized carbons (Fsp3) is 0.174. The van der Waals surface area contributed by atoms with E-state index in [2.05, 4.69) is 9.71 Å². The van der Waals surface area contributed by atoms with Crippen molar-refractivity contribution in [3.8, 4) is 5.75 Å². The largest absolute Gasteiger partial charge is 0.482 e. The maximum absolute atomic E-state index is 13.0. The van der Waals surface area contributed by atoms with Crippen molar-refractivity contribution in [3.05, 3.63) is 66.2 Å². The van der Waals surface area contributed by atoms with E-state index in [1.54, 1.807) is 43.3 Å². The monoisotopic (exact) mass is 438 g/mol. The Bertz CT molecular complexity index is 1360. The SMILES string of the molecule is CCOC(=O)COc1cc(NS(=O)(=O)c2ccc(C)cc2)c2[nH]c3ccccc3c2c1. The second kappa shape index (κ2) is 8.31. The number of para-hydroxylation sites is 1. The van der Waals surface area contributed by atoms with E-state index in [4.69, 9.17) is 9.47 Å². The molecule has 2 N–H and O–H groups in total. The number of benzene rings is 3. The minimum absolute atomic E-state index is 0.153. The third kappa shape index (κ3) is 4.34. The van der Waals surface area contributed by atoms with Crippen molar-refractivity contribution < 1.29 is 22.7 Å². The molecule has 0 atom stereocenters. The Kier molecular flexibility index (Phi) is 5.56. The zero-order valence-corrected chi connectivity index (χ0v) is 18.0. The Labute approximate surface area is 180 Å². The van der Waals surface area contributed by atoms with E-state index in [0.717, 1.165) is 21.9 Å². The van der Waals surface area contributed by atoms with Crippen LogP contribution in [0.15, 0.2) is 65.6 Å². The molecule has 0 aliphatic heterocycles. The highest BCUT2D eigenvalue weighted by Gasteiger charge is 2.19. The number of aromatic nitrogens is 1. The molecule has 31 heavy (non-hydrogen) atoms. The molecule has 160 valence electrons. The Morgan fingerprint density at radius 3 is 2.52 bits per heavy atom. The van der Waals surface area contributed by atoms with Gasteiger partial charge in [0.1, 0.15) is 5.75 Å². The van der Waals surface area contributed by atoms with Crippen LogP contribution in [0.25, 0.3) is 21.8 Å². The summed E-state index contributed by atoms with van der Waals surface area (Å²) in [5, 5.41) is 1.69. The third-order valence-corrected chi connectivity index (χ3v) is 6.21. The van der Waals surface area contributed by atoms with Crippen LogP contribution in [0, 0.1) is 6.92 Å². The van der Waals surface area contributed by atoms with Gasteiger partial charge in [-0.1, -0.05) is 35.9 Å². The smallest absolute Gasteiger partial charge is 0.344 e. The average Bonchev–Trinajstić information content (AvgIpc) is 3.12. The van der Waals surface area contributed by atoms with Crippen molar-refractivity contribution in [2.45, 2.75) is 18.7 Å². The molecule has 0 aliphatic carbocycles. The second-order valence-electron chi connectivity index (χ2n) is 7.08. The lowest BCUT2D eigenvalue weighted by atomic mass is 10.1. The summed E-state index contributed by atoms with van der Waals surface area (Å²) in [7, 11) is -3.83. The molecule has 3 aromatic carbocycles. The van der Waals surface area contributed by atoms with E-state index in [1.807, 2.05) is 31.2 Å². The molecule has 0 saturated heterocycles. The number of ether oxygens (including phenoxy) is 2. The van der Waals surface area contributed by atoms with Gasteiger partial charge < -0.3 is 14.5 Å². The number of aryl methyl sites for hydroxylation is 1. The number of H-pyrrole nitrogens is 1. The average molecular weight is 439 g/mol. The van der Waals surface area contributed by atoms with Crippen molar-refractivity contribution in [2.24, 2.45) is 0 Å². The fourth-order valence-electron chi connectivity index (χ4n) is 3.35. The van der Waals surface area contributed by atoms with Crippen LogP contribution in [0.1, 0.15) is 12.5 Å². The van der Waals surface area contributed by atoms with Gasteiger partial charge in [-0.25, -0.2) is 13.2 Å². The molecule has 4 aromatic rings. The lowest BCUT2D eigenvalue weighted by Gasteiger charge is -2.12. The highest BCUT2D eigenvalue weighted by molar-refractivity contribution is 7.92. The van der Waals surface area contributed by atoms with Gasteiger partial charge in [0.25, 0.3) is 10.0 Å². The first kappa shape index (κ1) is 20.7. The molecule has 1 heterocycles. The molecule has 0 spiro atoms. The zero-order chi connectivity index (χ0) is 22.0. The van der Waals surface area contributed by atoms with E-state index in [1.165, 1.54) is 0 Å². The summed E-state index contributed by atoms with van der Waals surface area (Å²) < 4.78 is 39.1. The van der Waals surface area contributed by atoms with Crippen LogP contribution in [0.4, 0.5) is 5.69 Å². The third-order valence-electron chi connectivity index (χ3n) is 4.83. The van der Waals surface area contributed by atoms with Crippen LogP contribution >= 0.6 is 0 Å². The number of sulfonamides is 1. The first-order valence-electron chi connectivity index (χ1n) is 9.80. The number of hydrogen-bond acceptors (Lipinski definition) is 5. The van der Waals surface area contributed by atoms with Gasteiger partial charge in [0, 0.05) is 22.4 Å². The molecule has 1 aromatic heterocycles. The molecule has 0 radical (unpaired) electrons. The van der Waals surface area contributed by atoms with Gasteiger partial charge in [0.05, 0.1) is 22.7 Å². The molecule has 0 saturated carbocycles. The Balaban J connectivity index is 1.78. The molecule has 0 amide bonds. The van der Waals surface area contributed by atoms with E-state index < -0.39 is 16.0 Å². The number of anilines is 1. The van der Waals surface area contributed by atoms with Gasteiger partial charge in [-0.15, -0.1) is 0 Å². The first-order chi connectivity index (χ1) is 14.9. The van der Waals surface area contributed by atoms with Crippen molar-refractivity contribution in [1.29, 1.82) is 0 Å². The second-order valence-corrected chi connectivity index (χ2v) is 8.76. The number of fused-ring (bicyclic) bond motifs is 3. The highest BCUT2D eigenvalue weighted by Crippen LogP contribution is 2.35. The van der Waals surface area contributed by atoms with E-state index in [0.29, 0.717) is 17.0 Å². The van der Waals surface area contributed by atoms with Gasteiger partial charge >= 0.3 is 5.97 Å². The zero-order valence-electron chi connectivity index (χ0n) is 17.1. The molecule has 0 aliphatic rings. The number of rotatable bonds is 7. The molecule has 0 fully saturated rings. The van der Waals surface area contributed by atoms with Gasteiger partial charge in [0.2, 0.25) is 0 Å². The summed E-state index contributed by atoms with van der Waals surface area (Å²) in [5.74, 6) is -0.143. The van der Waals surface area contributed by atoms with Crippen LogP contribution in [-0.2, 0) is 19.6 Å². The lowest BCUT2D eigenvalue weighted by Crippen LogP contribution is -2.15. The van der Waals surface area contributed by atoms with E-state index in [9.17, 15) is 13.2 Å². The van der Waals surface area contributed by atoms with Crippen molar-refractivity contribution in [1.82, 2.24) is 4.98 Å². The molecule has 7 nitrogen and oxygen atoms in total. The number of nitrogens with one attached hydrogen (secondary N) is 2. The number of hydrogen-bond donors (Lipinski definition) is 2. The first-order valence-corrected chi connectivity index (χ1v) is 11.3. The predicted octanol–water partition coefficient (Wildman–Crippen LogP) is 4.37. The van der Waals surface area contributed by atoms with E-state index >= 15 is 0 Å². The van der Waals surface area contributed by atoms with Crippen molar-refractivity contribution in [2.75, 3.05) is 17.9 Å². The summed E-state index contributed by atoms with van der Waals surface area (Å²) in [6.07, 6.45) is 0. The van der Waals surface area contributed by atoms with Crippen LogP contribution in [0.2, 0.25) is 0 Å². The standard InChI is InChI=1S/C23H22N2O5S/c1-3-29-22(26)14-30-16-12-19-18-6-4-5-7-20(18)24-23(19)21(13-16)25-31(27,28)17-10-8-15(2)9-11-17/h4-13,24-25H,3,14H2,1-2H3. The quantitative estimate of drug-likeness (QED) is 0.418. The van der Waals surface area contributed by atoms with Gasteiger partial charge in [-0.2, -0.15) is 0 Å². The number of aromatic amines is 1. The minimum Gasteiger partial charge on any atom is -0.482 e. The minimum atomic E-state index is -3.83. The van der Waals surface area contributed by atoms with Crippen LogP contribution in [-0.4, -0.2) is 32.6 Å². The summed E-state index contributed by atoms with van der Waals surface area (Å²) in [6.45, 7) is 3.59. The normalized spacial score (nSPS) is 11.5. The molecular weight excluding hydrogens is 416 g/mol. The van der Waals surface area contributed by atoms with Gasteiger partial charge in [-0.05, 0) is 38.1 Å². The van der Waals surface area contributed by atoms with Crippen LogP contribution in [0.3, 0.4) is 0 Å². The summed E-state index contributed by atoms with van der Waals surface area (Å²) in [4.78, 5) is 15.1. The topological polar surface area (TPSA) is 97.5 Å². The summed E-state index contributed by atoms with van der Waals surface area (Å²) >= 11 is 0. The van der Waals surface area contributed by atoms with Crippen molar-refractivity contribution >= 4 is 43.5 Å². The Hall–Kier alpha value is -3.52. The maximum atomic E-state index is 13.0. The molecule has 4 rings (SSSR count). The maximum Gasteiger partial charge on any atom is 0.344 e. The fourth-order valence-corrected chi connectivity index (χ4v) is 4.42. The van der Waals surface area contributed by atoms with Crippen LogP contribution in [0.5, 0.6) is 5.75 Å². The highest BCUT2D eigenvalue weighted by atomic mass is 32.2. The van der Waals surface area contributed by atoms with Gasteiger partial charge in [0.15, 0.2) is 6.61 Å². The number of esters is 1. The number of carbonyl (C=O) groups is 1. The molecule has 8 heteroatoms. The van der Waals surface area contributed by atoms with Crippen molar-refractivity contribution in [3.63, 3.8) is 0 Å². The Morgan fingerprint density at radius 2 is 1.77 bits per heavy atom. The predicted molar refractivity (Wildman–Crippen MR) is 120 cm³/mol. The summed E-state index contributed by atoms with van der Waals surface area (Å²) in [5.41, 5.74) is 2.77. The summed E-state index contributed by atoms with van der Waals surface area (Å²) in [6, 6.07) is 17.6. The Morgan fingerprint density at radius 1 is 1.03 bits per heavy atom. The van der Waals surface area contributed by atoms with E-state index in [-0.39, 0.29) is 18.1 Å². The van der Waals surface area contributed by atoms with Crippen LogP contribution < -0.4 is 9.46 Å². The molecular formula is C23H22N2O5S. The molecule has 0 unspecified atom stereocenters. The van der Waals surface area contributed by atoms with Gasteiger partial charge in [-0.3, -0.25) is 4.72 Å². The number of carbonyl (C=O) groups excluding carboxylic acids is 1. The molecule has 0 bridgehead atoms. The lowest BCUT2D eigenvalue weighted by molar-refractivity contribution is -0.145.